The Balaban J connectivity index is 2.14. The van der Waals surface area contributed by atoms with Crippen LogP contribution in [0.2, 0.25) is 0 Å². The van der Waals surface area contributed by atoms with E-state index in [1.165, 1.54) is 0 Å². The second-order valence-corrected chi connectivity index (χ2v) is 10.8. The summed E-state index contributed by atoms with van der Waals surface area (Å²) in [5.41, 5.74) is 10.1. The van der Waals surface area contributed by atoms with Crippen molar-refractivity contribution in [3.8, 4) is 0 Å². The summed E-state index contributed by atoms with van der Waals surface area (Å²) in [4.78, 5) is 60.8. The largest absolute Gasteiger partial charge is 0.444 e. The normalized spacial score (nSPS) is 24.8. The van der Waals surface area contributed by atoms with Crippen molar-refractivity contribution in [3.05, 3.63) is 0 Å². The molecule has 0 radical (unpaired) electrons. The molecular formula is C22H38N4O8. The lowest BCUT2D eigenvalue weighted by Crippen LogP contribution is -2.48. The molecule has 0 unspecified atom stereocenters. The molecule has 2 aliphatic rings. The average Bonchev–Trinajstić information content (AvgIpc) is 3.28. The SMILES string of the molecule is CC(C)(C)OC(=O)N(OC(=O)C(=O)ON(C(=O)OC(C)(C)C)[C@H]1CC[C@@H](N)C1)[C@H]1CC[C@@H](N)C1. The number of rotatable bonds is 2. The maximum atomic E-state index is 12.7. The minimum atomic E-state index is -1.48. The number of nitrogens with two attached hydrogens (primary N) is 2. The van der Waals surface area contributed by atoms with E-state index in [2.05, 4.69) is 0 Å². The molecule has 2 amide bonds. The van der Waals surface area contributed by atoms with Crippen molar-refractivity contribution < 1.29 is 38.3 Å². The van der Waals surface area contributed by atoms with Crippen LogP contribution in [0.1, 0.15) is 80.1 Å². The van der Waals surface area contributed by atoms with Gasteiger partial charge >= 0.3 is 24.1 Å². The molecule has 4 N–H and O–H groups in total. The zero-order valence-corrected chi connectivity index (χ0v) is 20.9. The van der Waals surface area contributed by atoms with Crippen LogP contribution in [0.15, 0.2) is 0 Å². The van der Waals surface area contributed by atoms with Gasteiger partial charge in [0.25, 0.3) is 0 Å². The van der Waals surface area contributed by atoms with Crippen LogP contribution in [0.3, 0.4) is 0 Å². The highest BCUT2D eigenvalue weighted by molar-refractivity contribution is 6.29. The summed E-state index contributed by atoms with van der Waals surface area (Å²) in [7, 11) is 0. The molecule has 0 aromatic rings. The van der Waals surface area contributed by atoms with Crippen molar-refractivity contribution in [1.82, 2.24) is 10.1 Å². The number of hydroxylamine groups is 4. The van der Waals surface area contributed by atoms with Crippen molar-refractivity contribution >= 4 is 24.1 Å². The van der Waals surface area contributed by atoms with E-state index < -0.39 is 47.4 Å². The van der Waals surface area contributed by atoms with Gasteiger partial charge in [0.05, 0.1) is 12.1 Å². The first-order valence-corrected chi connectivity index (χ1v) is 11.6. The molecule has 4 atom stereocenters. The van der Waals surface area contributed by atoms with E-state index in [4.69, 9.17) is 30.6 Å². The van der Waals surface area contributed by atoms with Gasteiger partial charge in [0.2, 0.25) is 0 Å². The summed E-state index contributed by atoms with van der Waals surface area (Å²) in [6.07, 6.45) is 1.02. The predicted octanol–water partition coefficient (Wildman–Crippen LogP) is 2.14. The summed E-state index contributed by atoms with van der Waals surface area (Å²) < 4.78 is 10.6. The Hall–Kier alpha value is -2.60. The third-order valence-electron chi connectivity index (χ3n) is 5.23. The Morgan fingerprint density at radius 1 is 0.647 bits per heavy atom. The quantitative estimate of drug-likeness (QED) is 0.436. The molecule has 0 aromatic heterocycles. The second-order valence-electron chi connectivity index (χ2n) is 10.8. The molecule has 0 saturated heterocycles. The maximum absolute atomic E-state index is 12.7. The van der Waals surface area contributed by atoms with Crippen molar-refractivity contribution in [2.45, 2.75) is 115 Å². The third kappa shape index (κ3) is 8.32. The van der Waals surface area contributed by atoms with E-state index in [0.29, 0.717) is 38.5 Å². The lowest BCUT2D eigenvalue weighted by atomic mass is 10.2. The summed E-state index contributed by atoms with van der Waals surface area (Å²) in [6.45, 7) is 9.94. The van der Waals surface area contributed by atoms with Gasteiger partial charge in [0.15, 0.2) is 0 Å². The van der Waals surface area contributed by atoms with Crippen LogP contribution in [0.4, 0.5) is 9.59 Å². The molecule has 2 rings (SSSR count). The number of hydrogen-bond acceptors (Lipinski definition) is 10. The summed E-state index contributed by atoms with van der Waals surface area (Å²) in [5, 5.41) is 1.45. The molecule has 2 saturated carbocycles. The standard InChI is InChI=1S/C22H38N4O8/c1-21(2,3)31-19(29)25(15-9-7-13(23)11-15)33-17(27)18(28)34-26(16-10-8-14(24)12-16)20(30)32-22(4,5)6/h13-16H,7-12,23-24H2,1-6H3/t13-,14-,15+,16+/m1/s1. The van der Waals surface area contributed by atoms with Crippen LogP contribution >= 0.6 is 0 Å². The van der Waals surface area contributed by atoms with Crippen LogP contribution in [-0.4, -0.2) is 69.6 Å². The average molecular weight is 487 g/mol. The molecule has 0 bridgehead atoms. The second kappa shape index (κ2) is 10.8. The van der Waals surface area contributed by atoms with Gasteiger partial charge in [-0.25, -0.2) is 19.2 Å². The van der Waals surface area contributed by atoms with E-state index >= 15 is 0 Å². The lowest BCUT2D eigenvalue weighted by Gasteiger charge is -2.31. The van der Waals surface area contributed by atoms with E-state index in [0.717, 1.165) is 10.1 Å². The van der Waals surface area contributed by atoms with E-state index in [-0.39, 0.29) is 12.1 Å². The highest BCUT2D eigenvalue weighted by Crippen LogP contribution is 2.27. The smallest absolute Gasteiger partial charge is 0.442 e. The van der Waals surface area contributed by atoms with E-state index in [1.807, 2.05) is 0 Å². The Morgan fingerprint density at radius 2 is 0.971 bits per heavy atom. The van der Waals surface area contributed by atoms with Gasteiger partial charge in [0.1, 0.15) is 11.2 Å². The summed E-state index contributed by atoms with van der Waals surface area (Å²) in [6, 6.07) is -1.49. The Bertz CT molecular complexity index is 712. The first-order valence-electron chi connectivity index (χ1n) is 11.6. The molecule has 0 aliphatic heterocycles. The van der Waals surface area contributed by atoms with Gasteiger partial charge in [-0.1, -0.05) is 0 Å². The van der Waals surface area contributed by atoms with Gasteiger partial charge in [-0.15, -0.1) is 10.1 Å². The van der Waals surface area contributed by atoms with Gasteiger partial charge in [-0.2, -0.15) is 0 Å². The zero-order chi connectivity index (χ0) is 25.8. The molecular weight excluding hydrogens is 448 g/mol. The highest BCUT2D eigenvalue weighted by Gasteiger charge is 2.41. The highest BCUT2D eigenvalue weighted by atomic mass is 16.8. The van der Waals surface area contributed by atoms with E-state index in [9.17, 15) is 19.2 Å². The van der Waals surface area contributed by atoms with Gasteiger partial charge in [-0.05, 0) is 80.1 Å². The molecule has 0 spiro atoms. The van der Waals surface area contributed by atoms with Crippen molar-refractivity contribution in [1.29, 1.82) is 0 Å². The number of carbonyl (C=O) groups is 4. The monoisotopic (exact) mass is 486 g/mol. The molecule has 34 heavy (non-hydrogen) atoms. The number of nitrogens with zero attached hydrogens (tertiary/aromatic N) is 2. The fourth-order valence-electron chi connectivity index (χ4n) is 3.80. The van der Waals surface area contributed by atoms with Crippen LogP contribution in [0.5, 0.6) is 0 Å². The number of carbonyl (C=O) groups excluding carboxylic acids is 4. The van der Waals surface area contributed by atoms with Crippen LogP contribution < -0.4 is 11.5 Å². The first kappa shape index (κ1) is 27.6. The minimum Gasteiger partial charge on any atom is -0.442 e. The van der Waals surface area contributed by atoms with Gasteiger partial charge in [0, 0.05) is 12.1 Å². The fraction of sp³-hybridized carbons (Fsp3) is 0.818. The topological polar surface area (TPSA) is 164 Å². The fourth-order valence-corrected chi connectivity index (χ4v) is 3.80. The molecule has 0 heterocycles. The van der Waals surface area contributed by atoms with Crippen LogP contribution in [-0.2, 0) is 28.7 Å². The van der Waals surface area contributed by atoms with Crippen molar-refractivity contribution in [3.63, 3.8) is 0 Å². The van der Waals surface area contributed by atoms with Crippen molar-refractivity contribution in [2.24, 2.45) is 11.5 Å². The van der Waals surface area contributed by atoms with Crippen molar-refractivity contribution in [2.75, 3.05) is 0 Å². The first-order chi connectivity index (χ1) is 15.6. The molecule has 2 aliphatic carbocycles. The van der Waals surface area contributed by atoms with E-state index in [1.54, 1.807) is 41.5 Å². The molecule has 194 valence electrons. The summed E-state index contributed by atoms with van der Waals surface area (Å²) in [5.74, 6) is -2.97. The van der Waals surface area contributed by atoms with Gasteiger partial charge in [-0.3, -0.25) is 0 Å². The number of amides is 2. The zero-order valence-electron chi connectivity index (χ0n) is 20.9. The maximum Gasteiger partial charge on any atom is 0.444 e. The van der Waals surface area contributed by atoms with Crippen LogP contribution in [0.25, 0.3) is 0 Å². The predicted molar refractivity (Wildman–Crippen MR) is 120 cm³/mol. The van der Waals surface area contributed by atoms with Crippen LogP contribution in [0, 0.1) is 0 Å². The third-order valence-corrected chi connectivity index (χ3v) is 5.23. The minimum absolute atomic E-state index is 0.185. The molecule has 2 fully saturated rings. The number of hydrogen-bond donors (Lipinski definition) is 2. The Kier molecular flexibility index (Phi) is 8.75. The molecule has 12 nitrogen and oxygen atoms in total. The Labute approximate surface area is 200 Å². The van der Waals surface area contributed by atoms with Gasteiger partial charge < -0.3 is 30.6 Å². The number of ether oxygens (including phenoxy) is 2. The molecule has 0 aromatic carbocycles. The lowest BCUT2D eigenvalue weighted by molar-refractivity contribution is -0.219. The molecule has 12 heteroatoms. The Morgan fingerprint density at radius 3 is 1.21 bits per heavy atom. The summed E-state index contributed by atoms with van der Waals surface area (Å²) >= 11 is 0.